The van der Waals surface area contributed by atoms with E-state index >= 15 is 0 Å². The molecule has 2 aromatic rings. The number of benzene rings is 2. The second-order valence-electron chi connectivity index (χ2n) is 10.5. The minimum atomic E-state index is -0.739. The topological polar surface area (TPSA) is 76.1 Å². The lowest BCUT2D eigenvalue weighted by atomic mass is 9.89. The number of carbonyl (C=O) groups excluding carboxylic acids is 2. The smallest absolute Gasteiger partial charge is 0.162 e. The summed E-state index contributed by atoms with van der Waals surface area (Å²) in [5.41, 5.74) is 1.46. The number of ether oxygens (including phenoxy) is 2. The Morgan fingerprint density at radius 2 is 1.56 bits per heavy atom. The molecule has 1 aliphatic heterocycles. The first kappa shape index (κ1) is 30.8. The molecule has 2 aromatic carbocycles. The number of Topliss-reactive ketones (excluding diaryl/α,β-unsaturated/α-hetero) is 2. The van der Waals surface area contributed by atoms with Crippen LogP contribution >= 0.6 is 0 Å². The van der Waals surface area contributed by atoms with E-state index < -0.39 is 6.10 Å². The molecule has 1 saturated heterocycles. The van der Waals surface area contributed by atoms with Crippen molar-refractivity contribution in [2.45, 2.75) is 70.3 Å². The number of methoxy groups -OCH3 is 1. The van der Waals surface area contributed by atoms with Gasteiger partial charge in [-0.25, -0.2) is 0 Å². The highest BCUT2D eigenvalue weighted by Crippen LogP contribution is 2.29. The molecule has 1 N–H and O–H groups in total. The Balaban J connectivity index is 1.45. The van der Waals surface area contributed by atoms with E-state index in [1.165, 1.54) is 0 Å². The SMILES string of the molecule is COc1ccc(C(=O)CCCCCC(=O)C[C@H](CN2CCCC2)[C@H](O)c2ccc(OCCCCF)cc2)cc1. The van der Waals surface area contributed by atoms with E-state index in [1.807, 2.05) is 24.3 Å². The van der Waals surface area contributed by atoms with Crippen molar-refractivity contribution in [3.63, 3.8) is 0 Å². The first-order valence-electron chi connectivity index (χ1n) is 14.4. The molecule has 0 aromatic heterocycles. The zero-order valence-electron chi connectivity index (χ0n) is 23.3. The number of carbonyl (C=O) groups is 2. The number of alkyl halides is 1. The summed E-state index contributed by atoms with van der Waals surface area (Å²) in [6.07, 6.45) is 6.31. The number of aliphatic hydroxyl groups excluding tert-OH is 1. The van der Waals surface area contributed by atoms with Gasteiger partial charge in [0.15, 0.2) is 5.78 Å². The van der Waals surface area contributed by atoms with Crippen LogP contribution in [-0.4, -0.2) is 61.6 Å². The number of aliphatic hydroxyl groups is 1. The third kappa shape index (κ3) is 10.7. The lowest BCUT2D eigenvalue weighted by molar-refractivity contribution is -0.121. The van der Waals surface area contributed by atoms with Gasteiger partial charge in [-0.15, -0.1) is 0 Å². The second-order valence-corrected chi connectivity index (χ2v) is 10.5. The molecule has 0 unspecified atom stereocenters. The Hall–Kier alpha value is -2.77. The maximum absolute atomic E-state index is 12.9. The monoisotopic (exact) mass is 541 g/mol. The Bertz CT molecular complexity index is 989. The number of rotatable bonds is 19. The number of ketones is 2. The van der Waals surface area contributed by atoms with E-state index in [-0.39, 0.29) is 24.2 Å². The van der Waals surface area contributed by atoms with E-state index in [4.69, 9.17) is 9.47 Å². The van der Waals surface area contributed by atoms with Crippen LogP contribution in [-0.2, 0) is 4.79 Å². The predicted molar refractivity (Wildman–Crippen MR) is 151 cm³/mol. The number of unbranched alkanes of at least 4 members (excludes halogenated alkanes) is 3. The van der Waals surface area contributed by atoms with Gasteiger partial charge in [0, 0.05) is 37.3 Å². The summed E-state index contributed by atoms with van der Waals surface area (Å²) < 4.78 is 23.0. The van der Waals surface area contributed by atoms with E-state index in [0.717, 1.165) is 56.5 Å². The molecule has 39 heavy (non-hydrogen) atoms. The first-order chi connectivity index (χ1) is 19.0. The molecule has 7 heteroatoms. The summed E-state index contributed by atoms with van der Waals surface area (Å²) in [5, 5.41) is 11.2. The van der Waals surface area contributed by atoms with Crippen molar-refractivity contribution in [2.24, 2.45) is 5.92 Å². The summed E-state index contributed by atoms with van der Waals surface area (Å²) in [6.45, 7) is 2.84. The fourth-order valence-electron chi connectivity index (χ4n) is 5.09. The van der Waals surface area contributed by atoms with Crippen LogP contribution < -0.4 is 9.47 Å². The summed E-state index contributed by atoms with van der Waals surface area (Å²) >= 11 is 0. The number of hydrogen-bond donors (Lipinski definition) is 1. The van der Waals surface area contributed by atoms with Crippen LogP contribution in [0.1, 0.15) is 86.2 Å². The maximum Gasteiger partial charge on any atom is 0.162 e. The van der Waals surface area contributed by atoms with Crippen LogP contribution in [0.5, 0.6) is 11.5 Å². The number of hydrogen-bond acceptors (Lipinski definition) is 6. The molecule has 0 spiro atoms. The average molecular weight is 542 g/mol. The molecular weight excluding hydrogens is 497 g/mol. The molecule has 1 heterocycles. The van der Waals surface area contributed by atoms with Crippen molar-refractivity contribution in [1.82, 2.24) is 4.90 Å². The molecule has 3 rings (SSSR count). The Kier molecular flexibility index (Phi) is 13.4. The van der Waals surface area contributed by atoms with Gasteiger partial charge in [0.25, 0.3) is 0 Å². The van der Waals surface area contributed by atoms with Gasteiger partial charge < -0.3 is 19.5 Å². The average Bonchev–Trinajstić information content (AvgIpc) is 3.48. The van der Waals surface area contributed by atoms with Gasteiger partial charge in [-0.05, 0) is 93.6 Å². The van der Waals surface area contributed by atoms with Gasteiger partial charge in [-0.2, -0.15) is 0 Å². The van der Waals surface area contributed by atoms with Crippen molar-refractivity contribution in [3.8, 4) is 11.5 Å². The minimum Gasteiger partial charge on any atom is -0.497 e. The minimum absolute atomic E-state index is 0.106. The third-order valence-electron chi connectivity index (χ3n) is 7.42. The van der Waals surface area contributed by atoms with Crippen LogP contribution in [0.15, 0.2) is 48.5 Å². The van der Waals surface area contributed by atoms with Crippen LogP contribution in [0.3, 0.4) is 0 Å². The van der Waals surface area contributed by atoms with Crippen LogP contribution in [0, 0.1) is 5.92 Å². The number of nitrogens with zero attached hydrogens (tertiary/aromatic N) is 1. The van der Waals surface area contributed by atoms with Crippen LogP contribution in [0.25, 0.3) is 0 Å². The Morgan fingerprint density at radius 1 is 0.897 bits per heavy atom. The van der Waals surface area contributed by atoms with Crippen molar-refractivity contribution in [2.75, 3.05) is 40.0 Å². The normalized spacial score (nSPS) is 15.2. The molecule has 0 radical (unpaired) electrons. The highest BCUT2D eigenvalue weighted by molar-refractivity contribution is 5.96. The molecule has 214 valence electrons. The summed E-state index contributed by atoms with van der Waals surface area (Å²) in [5.74, 6) is 1.51. The number of likely N-dealkylation sites (tertiary alicyclic amines) is 1. The largest absolute Gasteiger partial charge is 0.497 e. The van der Waals surface area contributed by atoms with Crippen molar-refractivity contribution in [3.05, 3.63) is 59.7 Å². The van der Waals surface area contributed by atoms with Crippen molar-refractivity contribution < 1.29 is 28.6 Å². The fraction of sp³-hybridized carbons (Fsp3) is 0.562. The lowest BCUT2D eigenvalue weighted by Crippen LogP contribution is -2.31. The molecule has 1 fully saturated rings. The lowest BCUT2D eigenvalue weighted by Gasteiger charge is -2.27. The standard InChI is InChI=1S/C32H44FNO5/c1-38-29-15-11-25(12-16-29)31(36)10-4-2-3-9-28(35)23-27(24-34-20-6-7-21-34)32(37)26-13-17-30(18-14-26)39-22-8-5-19-33/h11-18,27,32,37H,2-10,19-24H2,1H3/t27-,32-/m1/s1. The Morgan fingerprint density at radius 3 is 2.23 bits per heavy atom. The summed E-state index contributed by atoms with van der Waals surface area (Å²) in [6, 6.07) is 14.5. The zero-order chi connectivity index (χ0) is 27.9. The quantitative estimate of drug-likeness (QED) is 0.165. The fourth-order valence-corrected chi connectivity index (χ4v) is 5.09. The summed E-state index contributed by atoms with van der Waals surface area (Å²) in [7, 11) is 1.60. The molecule has 0 aliphatic carbocycles. The van der Waals surface area contributed by atoms with E-state index in [2.05, 4.69) is 4.90 Å². The third-order valence-corrected chi connectivity index (χ3v) is 7.42. The van der Waals surface area contributed by atoms with Crippen molar-refractivity contribution in [1.29, 1.82) is 0 Å². The second kappa shape index (κ2) is 17.0. The van der Waals surface area contributed by atoms with Gasteiger partial charge in [-0.3, -0.25) is 14.0 Å². The summed E-state index contributed by atoms with van der Waals surface area (Å²) in [4.78, 5) is 27.7. The van der Waals surface area contributed by atoms with Gasteiger partial charge >= 0.3 is 0 Å². The van der Waals surface area contributed by atoms with E-state index in [1.54, 1.807) is 31.4 Å². The van der Waals surface area contributed by atoms with Gasteiger partial charge in [0.2, 0.25) is 0 Å². The van der Waals surface area contributed by atoms with Gasteiger partial charge in [-0.1, -0.05) is 18.6 Å². The van der Waals surface area contributed by atoms with E-state index in [0.29, 0.717) is 56.6 Å². The van der Waals surface area contributed by atoms with Crippen LogP contribution in [0.4, 0.5) is 4.39 Å². The molecule has 2 atom stereocenters. The Labute approximate surface area is 232 Å². The molecular formula is C32H44FNO5. The maximum atomic E-state index is 12.9. The highest BCUT2D eigenvalue weighted by Gasteiger charge is 2.27. The van der Waals surface area contributed by atoms with Crippen molar-refractivity contribution >= 4 is 11.6 Å². The van der Waals surface area contributed by atoms with E-state index in [9.17, 15) is 19.1 Å². The molecule has 1 aliphatic rings. The zero-order valence-corrected chi connectivity index (χ0v) is 23.3. The molecule has 0 bridgehead atoms. The number of halogens is 1. The molecule has 0 amide bonds. The molecule has 0 saturated carbocycles. The first-order valence-corrected chi connectivity index (χ1v) is 14.4. The predicted octanol–water partition coefficient (Wildman–Crippen LogP) is 6.36. The highest BCUT2D eigenvalue weighted by atomic mass is 19.1. The van der Waals surface area contributed by atoms with Crippen LogP contribution in [0.2, 0.25) is 0 Å². The molecule has 6 nitrogen and oxygen atoms in total. The van der Waals surface area contributed by atoms with Gasteiger partial charge in [0.05, 0.1) is 26.5 Å². The van der Waals surface area contributed by atoms with Gasteiger partial charge in [0.1, 0.15) is 17.3 Å².